The standard InChI is InChI=1S/C23H27N5O4/c1-3-17-6-4-5-16(2)21(17)24-22(30)27-20(29)15-23(25-27)11-13-26(14-12-23)18-7-9-19(10-8-18)28(31)32/h4-10,25H,3,11-15H2,1-2H3,(H,24,30). The molecule has 0 atom stereocenters. The van der Waals surface area contributed by atoms with Gasteiger partial charge in [-0.15, -0.1) is 0 Å². The Hall–Kier alpha value is -3.46. The van der Waals surface area contributed by atoms with E-state index in [9.17, 15) is 19.7 Å². The minimum Gasteiger partial charge on any atom is -0.371 e. The number of hydrogen-bond donors (Lipinski definition) is 2. The van der Waals surface area contributed by atoms with Gasteiger partial charge < -0.3 is 10.2 Å². The number of imide groups is 1. The monoisotopic (exact) mass is 437 g/mol. The van der Waals surface area contributed by atoms with Gasteiger partial charge in [0.1, 0.15) is 0 Å². The molecule has 4 rings (SSSR count). The van der Waals surface area contributed by atoms with Gasteiger partial charge in [-0.3, -0.25) is 14.9 Å². The normalized spacial score (nSPS) is 17.6. The topological polar surface area (TPSA) is 108 Å². The van der Waals surface area contributed by atoms with E-state index in [-0.39, 0.29) is 18.0 Å². The van der Waals surface area contributed by atoms with Crippen molar-refractivity contribution in [3.63, 3.8) is 0 Å². The summed E-state index contributed by atoms with van der Waals surface area (Å²) in [7, 11) is 0. The lowest BCUT2D eigenvalue weighted by atomic mass is 9.86. The molecular weight excluding hydrogens is 410 g/mol. The van der Waals surface area contributed by atoms with Gasteiger partial charge in [-0.1, -0.05) is 25.1 Å². The molecule has 2 aliphatic rings. The molecule has 3 amide bonds. The number of amides is 3. The fourth-order valence-corrected chi connectivity index (χ4v) is 4.50. The Morgan fingerprint density at radius 2 is 1.88 bits per heavy atom. The number of piperidine rings is 1. The maximum atomic E-state index is 12.9. The third kappa shape index (κ3) is 4.16. The second-order valence-electron chi connectivity index (χ2n) is 8.45. The summed E-state index contributed by atoms with van der Waals surface area (Å²) in [5, 5.41) is 14.9. The SMILES string of the molecule is CCc1cccc(C)c1NC(=O)N1NC2(CCN(c3ccc([N+](=O)[O-])cc3)CC2)CC1=O. The quantitative estimate of drug-likeness (QED) is 0.557. The number of para-hydroxylation sites is 1. The van der Waals surface area contributed by atoms with Crippen LogP contribution in [0, 0.1) is 17.0 Å². The fraction of sp³-hybridized carbons (Fsp3) is 0.391. The minimum absolute atomic E-state index is 0.0619. The molecule has 2 N–H and O–H groups in total. The summed E-state index contributed by atoms with van der Waals surface area (Å²) in [6.45, 7) is 5.33. The van der Waals surface area contributed by atoms with Crippen molar-refractivity contribution in [2.45, 2.75) is 45.1 Å². The van der Waals surface area contributed by atoms with Crippen LogP contribution in [-0.4, -0.2) is 40.5 Å². The van der Waals surface area contributed by atoms with Crippen LogP contribution < -0.4 is 15.6 Å². The molecule has 0 aromatic heterocycles. The van der Waals surface area contributed by atoms with Gasteiger partial charge in [0.15, 0.2) is 0 Å². The van der Waals surface area contributed by atoms with Crippen molar-refractivity contribution in [3.8, 4) is 0 Å². The summed E-state index contributed by atoms with van der Waals surface area (Å²) in [5.74, 6) is -0.238. The number of anilines is 2. The predicted octanol–water partition coefficient (Wildman–Crippen LogP) is 3.77. The zero-order valence-corrected chi connectivity index (χ0v) is 18.3. The number of urea groups is 1. The highest BCUT2D eigenvalue weighted by Gasteiger charge is 2.47. The van der Waals surface area contributed by atoms with Gasteiger partial charge in [0, 0.05) is 43.0 Å². The molecule has 2 aliphatic heterocycles. The summed E-state index contributed by atoms with van der Waals surface area (Å²) in [4.78, 5) is 38.2. The Morgan fingerprint density at radius 3 is 2.50 bits per heavy atom. The van der Waals surface area contributed by atoms with E-state index < -0.39 is 16.5 Å². The molecule has 0 unspecified atom stereocenters. The van der Waals surface area contributed by atoms with Crippen LogP contribution in [0.1, 0.15) is 37.3 Å². The van der Waals surface area contributed by atoms with Crippen molar-refractivity contribution < 1.29 is 14.5 Å². The van der Waals surface area contributed by atoms with Crippen LogP contribution in [0.5, 0.6) is 0 Å². The third-order valence-electron chi connectivity index (χ3n) is 6.41. The number of hydrogen-bond acceptors (Lipinski definition) is 6. The number of nitro benzene ring substituents is 1. The number of hydrazine groups is 1. The van der Waals surface area contributed by atoms with Crippen LogP contribution in [0.25, 0.3) is 0 Å². The summed E-state index contributed by atoms with van der Waals surface area (Å²) in [5.41, 5.74) is 6.44. The van der Waals surface area contributed by atoms with Crippen LogP contribution in [-0.2, 0) is 11.2 Å². The van der Waals surface area contributed by atoms with E-state index in [0.29, 0.717) is 25.9 Å². The van der Waals surface area contributed by atoms with Crippen molar-refractivity contribution >= 4 is 29.0 Å². The first-order valence-electron chi connectivity index (χ1n) is 10.8. The Morgan fingerprint density at radius 1 is 1.19 bits per heavy atom. The van der Waals surface area contributed by atoms with Gasteiger partial charge >= 0.3 is 6.03 Å². The molecule has 2 aromatic carbocycles. The summed E-state index contributed by atoms with van der Waals surface area (Å²) in [6.07, 6.45) is 2.41. The molecule has 9 nitrogen and oxygen atoms in total. The number of aryl methyl sites for hydroxylation is 2. The second kappa shape index (κ2) is 8.58. The fourth-order valence-electron chi connectivity index (χ4n) is 4.50. The molecule has 0 aliphatic carbocycles. The van der Waals surface area contributed by atoms with Crippen molar-refractivity contribution in [2.24, 2.45) is 0 Å². The molecule has 9 heteroatoms. The smallest absolute Gasteiger partial charge is 0.343 e. The molecule has 168 valence electrons. The second-order valence-corrected chi connectivity index (χ2v) is 8.45. The van der Waals surface area contributed by atoms with E-state index in [2.05, 4.69) is 15.6 Å². The molecular formula is C23H27N5O4. The number of nitrogens with one attached hydrogen (secondary N) is 2. The number of nitrogens with zero attached hydrogens (tertiary/aromatic N) is 3. The first-order valence-corrected chi connectivity index (χ1v) is 10.8. The molecule has 2 fully saturated rings. The average Bonchev–Trinajstić information content (AvgIpc) is 3.11. The summed E-state index contributed by atoms with van der Waals surface area (Å²) < 4.78 is 0. The molecule has 2 heterocycles. The van der Waals surface area contributed by atoms with Crippen LogP contribution in [0.3, 0.4) is 0 Å². The number of nitro groups is 1. The number of rotatable bonds is 4. The van der Waals surface area contributed by atoms with Crippen molar-refractivity contribution in [3.05, 3.63) is 63.7 Å². The number of carbonyl (C=O) groups excluding carboxylic acids is 2. The molecule has 32 heavy (non-hydrogen) atoms. The van der Waals surface area contributed by atoms with Gasteiger partial charge in [0.05, 0.1) is 10.5 Å². The Labute approximate surface area is 186 Å². The van der Waals surface area contributed by atoms with Crippen molar-refractivity contribution in [1.82, 2.24) is 10.4 Å². The van der Waals surface area contributed by atoms with Gasteiger partial charge in [-0.25, -0.2) is 10.2 Å². The number of carbonyl (C=O) groups is 2. The molecule has 0 bridgehead atoms. The van der Waals surface area contributed by atoms with Crippen molar-refractivity contribution in [2.75, 3.05) is 23.3 Å². The third-order valence-corrected chi connectivity index (χ3v) is 6.41. The zero-order valence-electron chi connectivity index (χ0n) is 18.3. The van der Waals surface area contributed by atoms with Crippen LogP contribution in [0.2, 0.25) is 0 Å². The van der Waals surface area contributed by atoms with E-state index in [4.69, 9.17) is 0 Å². The predicted molar refractivity (Wildman–Crippen MR) is 121 cm³/mol. The first-order chi connectivity index (χ1) is 15.3. The maximum Gasteiger partial charge on any atom is 0.343 e. The van der Waals surface area contributed by atoms with E-state index in [1.165, 1.54) is 12.1 Å². The number of non-ortho nitro benzene ring substituents is 1. The largest absolute Gasteiger partial charge is 0.371 e. The van der Waals surface area contributed by atoms with E-state index in [1.54, 1.807) is 12.1 Å². The lowest BCUT2D eigenvalue weighted by Crippen LogP contribution is -2.55. The average molecular weight is 438 g/mol. The molecule has 2 aromatic rings. The maximum absolute atomic E-state index is 12.9. The van der Waals surface area contributed by atoms with Gasteiger partial charge in [-0.2, -0.15) is 5.01 Å². The highest BCUT2D eigenvalue weighted by molar-refractivity contribution is 6.02. The molecule has 1 spiro atoms. The lowest BCUT2D eigenvalue weighted by Gasteiger charge is -2.40. The zero-order chi connectivity index (χ0) is 22.9. The van der Waals surface area contributed by atoms with E-state index in [1.807, 2.05) is 32.0 Å². The van der Waals surface area contributed by atoms with Crippen LogP contribution in [0.4, 0.5) is 21.9 Å². The molecule has 0 saturated carbocycles. The molecule has 0 radical (unpaired) electrons. The summed E-state index contributed by atoms with van der Waals surface area (Å²) >= 11 is 0. The van der Waals surface area contributed by atoms with Crippen molar-refractivity contribution in [1.29, 1.82) is 0 Å². The first kappa shape index (κ1) is 21.8. The van der Waals surface area contributed by atoms with Gasteiger partial charge in [-0.05, 0) is 49.4 Å². The Balaban J connectivity index is 1.40. The van der Waals surface area contributed by atoms with Gasteiger partial charge in [0.25, 0.3) is 5.69 Å². The van der Waals surface area contributed by atoms with E-state index >= 15 is 0 Å². The lowest BCUT2D eigenvalue weighted by molar-refractivity contribution is -0.384. The summed E-state index contributed by atoms with van der Waals surface area (Å²) in [6, 6.07) is 11.9. The highest BCUT2D eigenvalue weighted by Crippen LogP contribution is 2.34. The minimum atomic E-state index is -0.464. The molecule has 2 saturated heterocycles. The number of benzene rings is 2. The van der Waals surface area contributed by atoms with Crippen LogP contribution >= 0.6 is 0 Å². The Bertz CT molecular complexity index is 1040. The Kier molecular flexibility index (Phi) is 5.84. The van der Waals surface area contributed by atoms with Gasteiger partial charge in [0.2, 0.25) is 5.91 Å². The van der Waals surface area contributed by atoms with E-state index in [0.717, 1.165) is 33.9 Å². The van der Waals surface area contributed by atoms with Crippen LogP contribution in [0.15, 0.2) is 42.5 Å². The highest BCUT2D eigenvalue weighted by atomic mass is 16.6.